The largest absolute Gasteiger partial charge is 0.493 e. The molecule has 0 bridgehead atoms. The van der Waals surface area contributed by atoms with Crippen molar-refractivity contribution in [3.63, 3.8) is 0 Å². The number of pyridine rings is 1. The standard InChI is InChI=1S/C8H6BrF2NO2/c1-14-7-5(9)2-4(3-13)12-6(7)8(10)11/h2-3,8H,1H3. The minimum absolute atomic E-state index is 0.0504. The Balaban J connectivity index is 3.35. The molecule has 0 aliphatic rings. The summed E-state index contributed by atoms with van der Waals surface area (Å²) in [4.78, 5) is 13.8. The van der Waals surface area contributed by atoms with Crippen molar-refractivity contribution in [3.8, 4) is 5.75 Å². The molecule has 6 heteroatoms. The Morgan fingerprint density at radius 1 is 1.64 bits per heavy atom. The van der Waals surface area contributed by atoms with Gasteiger partial charge in [0.1, 0.15) is 5.69 Å². The van der Waals surface area contributed by atoms with Crippen LogP contribution in [0.3, 0.4) is 0 Å². The first kappa shape index (κ1) is 11.0. The third kappa shape index (κ3) is 2.06. The monoisotopic (exact) mass is 265 g/mol. The maximum Gasteiger partial charge on any atom is 0.284 e. The van der Waals surface area contributed by atoms with Crippen LogP contribution in [-0.2, 0) is 0 Å². The van der Waals surface area contributed by atoms with Crippen molar-refractivity contribution in [2.75, 3.05) is 7.11 Å². The Kier molecular flexibility index (Phi) is 3.51. The molecule has 0 aliphatic heterocycles. The third-order valence-corrected chi connectivity index (χ3v) is 2.09. The highest BCUT2D eigenvalue weighted by Crippen LogP contribution is 2.33. The van der Waals surface area contributed by atoms with Gasteiger partial charge >= 0.3 is 0 Å². The van der Waals surface area contributed by atoms with Crippen LogP contribution in [0.4, 0.5) is 8.78 Å². The first-order chi connectivity index (χ1) is 6.60. The number of carbonyl (C=O) groups is 1. The van der Waals surface area contributed by atoms with E-state index in [0.29, 0.717) is 6.29 Å². The number of alkyl halides is 2. The highest BCUT2D eigenvalue weighted by atomic mass is 79.9. The van der Waals surface area contributed by atoms with Crippen LogP contribution in [0.1, 0.15) is 22.6 Å². The van der Waals surface area contributed by atoms with Crippen LogP contribution in [0.5, 0.6) is 5.75 Å². The predicted molar refractivity (Wildman–Crippen MR) is 48.8 cm³/mol. The van der Waals surface area contributed by atoms with Crippen molar-refractivity contribution >= 4 is 22.2 Å². The molecule has 0 atom stereocenters. The van der Waals surface area contributed by atoms with E-state index < -0.39 is 12.1 Å². The molecular weight excluding hydrogens is 260 g/mol. The molecule has 0 unspecified atom stereocenters. The molecule has 76 valence electrons. The van der Waals surface area contributed by atoms with Crippen molar-refractivity contribution in [1.29, 1.82) is 0 Å². The van der Waals surface area contributed by atoms with E-state index in [4.69, 9.17) is 4.74 Å². The van der Waals surface area contributed by atoms with E-state index in [1.165, 1.54) is 13.2 Å². The van der Waals surface area contributed by atoms with Gasteiger partial charge in [-0.2, -0.15) is 0 Å². The Morgan fingerprint density at radius 3 is 2.71 bits per heavy atom. The minimum Gasteiger partial charge on any atom is -0.493 e. The molecule has 0 aliphatic carbocycles. The number of hydrogen-bond donors (Lipinski definition) is 0. The van der Waals surface area contributed by atoms with E-state index in [-0.39, 0.29) is 15.9 Å². The van der Waals surface area contributed by atoms with Gasteiger partial charge in [0.25, 0.3) is 6.43 Å². The van der Waals surface area contributed by atoms with Gasteiger partial charge in [-0.3, -0.25) is 4.79 Å². The lowest BCUT2D eigenvalue weighted by molar-refractivity contribution is 0.111. The lowest BCUT2D eigenvalue weighted by atomic mass is 10.3. The first-order valence-corrected chi connectivity index (χ1v) is 4.37. The fourth-order valence-electron chi connectivity index (χ4n) is 0.950. The van der Waals surface area contributed by atoms with E-state index in [9.17, 15) is 13.6 Å². The van der Waals surface area contributed by atoms with E-state index in [1.807, 2.05) is 0 Å². The van der Waals surface area contributed by atoms with Crippen molar-refractivity contribution in [2.45, 2.75) is 6.43 Å². The smallest absolute Gasteiger partial charge is 0.284 e. The van der Waals surface area contributed by atoms with Crippen molar-refractivity contribution in [2.24, 2.45) is 0 Å². The number of methoxy groups -OCH3 is 1. The zero-order valence-electron chi connectivity index (χ0n) is 7.13. The van der Waals surface area contributed by atoms with E-state index >= 15 is 0 Å². The molecule has 0 saturated heterocycles. The summed E-state index contributed by atoms with van der Waals surface area (Å²) in [6.07, 6.45) is -2.38. The zero-order chi connectivity index (χ0) is 10.7. The second kappa shape index (κ2) is 4.45. The summed E-state index contributed by atoms with van der Waals surface area (Å²) in [6, 6.07) is 1.32. The van der Waals surface area contributed by atoms with Crippen LogP contribution in [-0.4, -0.2) is 18.4 Å². The summed E-state index contributed by atoms with van der Waals surface area (Å²) in [6.45, 7) is 0. The lowest BCUT2D eigenvalue weighted by Crippen LogP contribution is -2.00. The molecule has 3 nitrogen and oxygen atoms in total. The van der Waals surface area contributed by atoms with Crippen LogP contribution in [0, 0.1) is 0 Å². The number of halogens is 3. The second-order valence-electron chi connectivity index (χ2n) is 2.37. The SMILES string of the molecule is COc1c(Br)cc(C=O)nc1C(F)F. The molecular formula is C8H6BrF2NO2. The summed E-state index contributed by atoms with van der Waals surface area (Å²) < 4.78 is 29.9. The fraction of sp³-hybridized carbons (Fsp3) is 0.250. The van der Waals surface area contributed by atoms with Gasteiger partial charge in [0, 0.05) is 0 Å². The normalized spacial score (nSPS) is 10.4. The van der Waals surface area contributed by atoms with Crippen LogP contribution in [0.25, 0.3) is 0 Å². The van der Waals surface area contributed by atoms with E-state index in [2.05, 4.69) is 20.9 Å². The number of carbonyl (C=O) groups excluding carboxylic acids is 1. The molecule has 1 aromatic heterocycles. The van der Waals surface area contributed by atoms with Crippen LogP contribution < -0.4 is 4.74 Å². The average Bonchev–Trinajstić information content (AvgIpc) is 2.16. The Hall–Kier alpha value is -1.04. The molecule has 1 aromatic rings. The minimum atomic E-state index is -2.78. The lowest BCUT2D eigenvalue weighted by Gasteiger charge is -2.09. The van der Waals surface area contributed by atoms with Gasteiger partial charge in [0.15, 0.2) is 17.7 Å². The molecule has 1 heterocycles. The maximum absolute atomic E-state index is 12.4. The Labute approximate surface area is 87.2 Å². The van der Waals surface area contributed by atoms with E-state index in [0.717, 1.165) is 0 Å². The van der Waals surface area contributed by atoms with Crippen molar-refractivity contribution in [3.05, 3.63) is 21.9 Å². The van der Waals surface area contributed by atoms with Gasteiger partial charge in [-0.25, -0.2) is 13.8 Å². The molecule has 0 fully saturated rings. The summed E-state index contributed by atoms with van der Waals surface area (Å²) >= 11 is 3.01. The molecule has 0 radical (unpaired) electrons. The number of hydrogen-bond acceptors (Lipinski definition) is 3. The number of aldehydes is 1. The topological polar surface area (TPSA) is 39.2 Å². The molecule has 0 spiro atoms. The number of ether oxygens (including phenoxy) is 1. The summed E-state index contributed by atoms with van der Waals surface area (Å²) in [5, 5.41) is 0. The number of nitrogens with zero attached hydrogens (tertiary/aromatic N) is 1. The zero-order valence-corrected chi connectivity index (χ0v) is 8.72. The Morgan fingerprint density at radius 2 is 2.29 bits per heavy atom. The van der Waals surface area contributed by atoms with Crippen LogP contribution in [0.2, 0.25) is 0 Å². The third-order valence-electron chi connectivity index (χ3n) is 1.51. The first-order valence-electron chi connectivity index (χ1n) is 3.58. The number of aromatic nitrogens is 1. The quantitative estimate of drug-likeness (QED) is 0.789. The maximum atomic E-state index is 12.4. The predicted octanol–water partition coefficient (Wildman–Crippen LogP) is 2.60. The van der Waals surface area contributed by atoms with Crippen molar-refractivity contribution in [1.82, 2.24) is 4.98 Å². The van der Waals surface area contributed by atoms with Crippen LogP contribution in [0.15, 0.2) is 10.5 Å². The molecule has 0 aromatic carbocycles. The van der Waals surface area contributed by atoms with Gasteiger partial charge in [-0.05, 0) is 22.0 Å². The van der Waals surface area contributed by atoms with E-state index in [1.54, 1.807) is 0 Å². The summed E-state index contributed by atoms with van der Waals surface area (Å²) in [5.41, 5.74) is -0.600. The average molecular weight is 266 g/mol. The van der Waals surface area contributed by atoms with Gasteiger partial charge < -0.3 is 4.74 Å². The van der Waals surface area contributed by atoms with Gasteiger partial charge in [-0.15, -0.1) is 0 Å². The fourth-order valence-corrected chi connectivity index (χ4v) is 1.55. The van der Waals surface area contributed by atoms with Gasteiger partial charge in [0.05, 0.1) is 11.6 Å². The van der Waals surface area contributed by atoms with Crippen molar-refractivity contribution < 1.29 is 18.3 Å². The second-order valence-corrected chi connectivity index (χ2v) is 3.22. The highest BCUT2D eigenvalue weighted by Gasteiger charge is 2.19. The summed E-state index contributed by atoms with van der Waals surface area (Å²) in [7, 11) is 1.26. The summed E-state index contributed by atoms with van der Waals surface area (Å²) in [5.74, 6) is -0.0504. The molecule has 0 saturated carbocycles. The number of rotatable bonds is 3. The Bertz CT molecular complexity index is 357. The molecule has 0 amide bonds. The highest BCUT2D eigenvalue weighted by molar-refractivity contribution is 9.10. The van der Waals surface area contributed by atoms with Crippen LogP contribution >= 0.6 is 15.9 Å². The molecule has 14 heavy (non-hydrogen) atoms. The van der Waals surface area contributed by atoms with Gasteiger partial charge in [0.2, 0.25) is 0 Å². The van der Waals surface area contributed by atoms with Gasteiger partial charge in [-0.1, -0.05) is 0 Å². The molecule has 1 rings (SSSR count). The molecule has 0 N–H and O–H groups in total.